The number of halogens is 1. The third-order valence-corrected chi connectivity index (χ3v) is 5.43. The predicted molar refractivity (Wildman–Crippen MR) is 111 cm³/mol. The zero-order valence-electron chi connectivity index (χ0n) is 16.8. The number of hydrogen-bond acceptors (Lipinski definition) is 4. The second-order valence-corrected chi connectivity index (χ2v) is 7.36. The maximum absolute atomic E-state index is 14.8. The largest absolute Gasteiger partial charge is 0.497 e. The van der Waals surface area contributed by atoms with E-state index in [0.29, 0.717) is 23.6 Å². The van der Waals surface area contributed by atoms with Gasteiger partial charge in [0.05, 0.1) is 18.9 Å². The number of hydrogen-bond donors (Lipinski definition) is 0. The fourth-order valence-corrected chi connectivity index (χ4v) is 3.87. The van der Waals surface area contributed by atoms with Gasteiger partial charge in [-0.25, -0.2) is 9.07 Å². The van der Waals surface area contributed by atoms with Crippen LogP contribution in [0.1, 0.15) is 18.4 Å². The van der Waals surface area contributed by atoms with Crippen molar-refractivity contribution in [2.45, 2.75) is 25.5 Å². The minimum Gasteiger partial charge on any atom is -0.497 e. The molecule has 1 atom stereocenters. The summed E-state index contributed by atoms with van der Waals surface area (Å²) >= 11 is 0. The molecular formula is C23H26FN3O2. The summed E-state index contributed by atoms with van der Waals surface area (Å²) in [7, 11) is 3.30. The SMILES string of the molecule is COc1ccc(-c2nn(-c3ccccc3)cc2CN2CCCC(OC)C2)c(F)c1. The van der Waals surface area contributed by atoms with Gasteiger partial charge in [0.2, 0.25) is 0 Å². The third-order valence-electron chi connectivity index (χ3n) is 5.43. The van der Waals surface area contributed by atoms with Crippen molar-refractivity contribution in [2.24, 2.45) is 0 Å². The van der Waals surface area contributed by atoms with E-state index in [2.05, 4.69) is 4.90 Å². The average molecular weight is 395 g/mol. The summed E-state index contributed by atoms with van der Waals surface area (Å²) < 4.78 is 27.4. The van der Waals surface area contributed by atoms with Gasteiger partial charge in [-0.15, -0.1) is 0 Å². The Morgan fingerprint density at radius 2 is 1.97 bits per heavy atom. The Bertz CT molecular complexity index is 958. The van der Waals surface area contributed by atoms with E-state index in [4.69, 9.17) is 14.6 Å². The molecule has 3 aromatic rings. The monoisotopic (exact) mass is 395 g/mol. The maximum atomic E-state index is 14.8. The van der Waals surface area contributed by atoms with E-state index in [1.165, 1.54) is 13.2 Å². The fraction of sp³-hybridized carbons (Fsp3) is 0.348. The van der Waals surface area contributed by atoms with Crippen LogP contribution in [0.2, 0.25) is 0 Å². The zero-order chi connectivity index (χ0) is 20.2. The molecule has 29 heavy (non-hydrogen) atoms. The lowest BCUT2D eigenvalue weighted by Gasteiger charge is -2.31. The smallest absolute Gasteiger partial charge is 0.136 e. The van der Waals surface area contributed by atoms with Crippen LogP contribution in [0.25, 0.3) is 16.9 Å². The number of aromatic nitrogens is 2. The van der Waals surface area contributed by atoms with Crippen molar-refractivity contribution in [3.8, 4) is 22.7 Å². The minimum absolute atomic E-state index is 0.245. The first-order valence-electron chi connectivity index (χ1n) is 9.91. The fourth-order valence-electron chi connectivity index (χ4n) is 3.87. The van der Waals surface area contributed by atoms with Crippen molar-refractivity contribution in [1.29, 1.82) is 0 Å². The molecule has 6 heteroatoms. The molecule has 152 valence electrons. The summed E-state index contributed by atoms with van der Waals surface area (Å²) in [6.07, 6.45) is 4.42. The Labute approximate surface area is 170 Å². The maximum Gasteiger partial charge on any atom is 0.136 e. The molecule has 0 amide bonds. The van der Waals surface area contributed by atoms with Gasteiger partial charge in [-0.3, -0.25) is 4.90 Å². The first-order valence-corrected chi connectivity index (χ1v) is 9.91. The normalized spacial score (nSPS) is 17.4. The molecular weight excluding hydrogens is 369 g/mol. The molecule has 1 aliphatic rings. The lowest BCUT2D eigenvalue weighted by atomic mass is 10.0. The average Bonchev–Trinajstić information content (AvgIpc) is 3.17. The van der Waals surface area contributed by atoms with Gasteiger partial charge < -0.3 is 9.47 Å². The van der Waals surface area contributed by atoms with Crippen LogP contribution in [0.5, 0.6) is 5.75 Å². The molecule has 1 aromatic heterocycles. The molecule has 0 aliphatic carbocycles. The molecule has 2 aromatic carbocycles. The lowest BCUT2D eigenvalue weighted by molar-refractivity contribution is 0.0286. The van der Waals surface area contributed by atoms with Gasteiger partial charge >= 0.3 is 0 Å². The van der Waals surface area contributed by atoms with Crippen LogP contribution >= 0.6 is 0 Å². The van der Waals surface area contributed by atoms with Crippen LogP contribution in [0, 0.1) is 5.82 Å². The van der Waals surface area contributed by atoms with E-state index in [9.17, 15) is 4.39 Å². The van der Waals surface area contributed by atoms with Gasteiger partial charge in [0.1, 0.15) is 17.3 Å². The summed E-state index contributed by atoms with van der Waals surface area (Å²) in [5.74, 6) is 0.159. The van der Waals surface area contributed by atoms with Gasteiger partial charge in [0.25, 0.3) is 0 Å². The molecule has 1 aliphatic heterocycles. The first kappa shape index (κ1) is 19.6. The molecule has 1 fully saturated rings. The van der Waals surface area contributed by atoms with Crippen molar-refractivity contribution in [2.75, 3.05) is 27.3 Å². The predicted octanol–water partition coefficient (Wildman–Crippen LogP) is 4.30. The summed E-state index contributed by atoms with van der Waals surface area (Å²) in [5.41, 5.74) is 3.08. The van der Waals surface area contributed by atoms with Crippen LogP contribution in [-0.4, -0.2) is 48.1 Å². The molecule has 4 rings (SSSR count). The molecule has 2 heterocycles. The number of rotatable bonds is 6. The Morgan fingerprint density at radius 3 is 2.69 bits per heavy atom. The second-order valence-electron chi connectivity index (χ2n) is 7.36. The van der Waals surface area contributed by atoms with Crippen LogP contribution in [0.4, 0.5) is 4.39 Å². The molecule has 1 saturated heterocycles. The number of nitrogens with zero attached hydrogens (tertiary/aromatic N) is 3. The Morgan fingerprint density at radius 1 is 1.14 bits per heavy atom. The number of piperidine rings is 1. The van der Waals surface area contributed by atoms with Crippen LogP contribution in [0.3, 0.4) is 0 Å². The highest BCUT2D eigenvalue weighted by Gasteiger charge is 2.23. The lowest BCUT2D eigenvalue weighted by Crippen LogP contribution is -2.38. The molecule has 0 spiro atoms. The van der Waals surface area contributed by atoms with E-state index < -0.39 is 0 Å². The van der Waals surface area contributed by atoms with E-state index >= 15 is 0 Å². The number of benzene rings is 2. The van der Waals surface area contributed by atoms with E-state index in [1.54, 1.807) is 19.2 Å². The van der Waals surface area contributed by atoms with Crippen molar-refractivity contribution < 1.29 is 13.9 Å². The van der Waals surface area contributed by atoms with Crippen molar-refractivity contribution >= 4 is 0 Å². The Kier molecular flexibility index (Phi) is 5.92. The molecule has 0 saturated carbocycles. The first-order chi connectivity index (χ1) is 14.2. The summed E-state index contributed by atoms with van der Waals surface area (Å²) in [6, 6.07) is 14.8. The number of ether oxygens (including phenoxy) is 2. The highest BCUT2D eigenvalue weighted by Crippen LogP contribution is 2.30. The quantitative estimate of drug-likeness (QED) is 0.624. The van der Waals surface area contributed by atoms with E-state index in [0.717, 1.165) is 37.2 Å². The van der Waals surface area contributed by atoms with Gasteiger partial charge in [-0.2, -0.15) is 5.10 Å². The molecule has 0 bridgehead atoms. The van der Waals surface area contributed by atoms with Crippen LogP contribution < -0.4 is 4.74 Å². The number of methoxy groups -OCH3 is 2. The number of para-hydroxylation sites is 1. The summed E-state index contributed by atoms with van der Waals surface area (Å²) in [4.78, 5) is 2.36. The minimum atomic E-state index is -0.336. The van der Waals surface area contributed by atoms with Crippen molar-refractivity contribution in [3.63, 3.8) is 0 Å². The summed E-state index contributed by atoms with van der Waals surface area (Å²) in [5, 5.41) is 4.75. The van der Waals surface area contributed by atoms with Crippen LogP contribution in [0.15, 0.2) is 54.7 Å². The van der Waals surface area contributed by atoms with Crippen LogP contribution in [-0.2, 0) is 11.3 Å². The topological polar surface area (TPSA) is 39.5 Å². The Hall–Kier alpha value is -2.70. The second kappa shape index (κ2) is 8.76. The van der Waals surface area contributed by atoms with Crippen molar-refractivity contribution in [1.82, 2.24) is 14.7 Å². The standard InChI is InChI=1S/C23H26FN3O2/c1-28-19-10-11-21(22(24)13-19)23-17(14-26-12-6-9-20(16-26)29-2)15-27(25-23)18-7-4-3-5-8-18/h3-5,7-8,10-11,13,15,20H,6,9,12,14,16H2,1-2H3. The number of likely N-dealkylation sites (tertiary alicyclic amines) is 1. The van der Waals surface area contributed by atoms with Gasteiger partial charge in [0, 0.05) is 43.6 Å². The van der Waals surface area contributed by atoms with Crippen molar-refractivity contribution in [3.05, 3.63) is 66.1 Å². The Balaban J connectivity index is 1.71. The summed E-state index contributed by atoms with van der Waals surface area (Å²) in [6.45, 7) is 2.58. The zero-order valence-corrected chi connectivity index (χ0v) is 16.8. The van der Waals surface area contributed by atoms with Gasteiger partial charge in [-0.05, 0) is 43.7 Å². The third kappa shape index (κ3) is 4.33. The molecule has 0 N–H and O–H groups in total. The highest BCUT2D eigenvalue weighted by molar-refractivity contribution is 5.65. The van der Waals surface area contributed by atoms with E-state index in [-0.39, 0.29) is 11.9 Å². The highest BCUT2D eigenvalue weighted by atomic mass is 19.1. The molecule has 1 unspecified atom stereocenters. The van der Waals surface area contributed by atoms with Gasteiger partial charge in [0.15, 0.2) is 0 Å². The molecule has 0 radical (unpaired) electrons. The van der Waals surface area contributed by atoms with Gasteiger partial charge in [-0.1, -0.05) is 18.2 Å². The molecule has 5 nitrogen and oxygen atoms in total. The van der Waals surface area contributed by atoms with E-state index in [1.807, 2.05) is 41.2 Å².